The highest BCUT2D eigenvalue weighted by Crippen LogP contribution is 2.14. The summed E-state index contributed by atoms with van der Waals surface area (Å²) < 4.78 is 10.3. The molecule has 1 atom stereocenters. The molecule has 1 aromatic rings. The van der Waals surface area contributed by atoms with Crippen LogP contribution in [0.2, 0.25) is 0 Å². The number of amides is 2. The van der Waals surface area contributed by atoms with E-state index in [1.54, 1.807) is 13.2 Å². The third kappa shape index (κ3) is 3.85. The predicted molar refractivity (Wildman–Crippen MR) is 75.3 cm³/mol. The van der Waals surface area contributed by atoms with Gasteiger partial charge in [0.1, 0.15) is 5.76 Å². The van der Waals surface area contributed by atoms with E-state index in [1.165, 1.54) is 0 Å². The summed E-state index contributed by atoms with van der Waals surface area (Å²) in [5, 5.41) is 8.40. The standard InChI is InChI=1S/C14H19N3O4/c1-3-20-13(18)10-7-16-14(19)17-11(10)8-15-9(2)12-5-4-6-21-12/h4-6,9,15H,3,7-8H2,1-2H3,(H2,16,17,19)/t9-/m1/s1. The van der Waals surface area contributed by atoms with Crippen molar-refractivity contribution in [3.8, 4) is 0 Å². The summed E-state index contributed by atoms with van der Waals surface area (Å²) in [5.74, 6) is 0.362. The van der Waals surface area contributed by atoms with Gasteiger partial charge in [-0.1, -0.05) is 0 Å². The Morgan fingerprint density at radius 3 is 3.05 bits per heavy atom. The number of nitrogens with one attached hydrogen (secondary N) is 3. The number of esters is 1. The van der Waals surface area contributed by atoms with E-state index in [9.17, 15) is 9.59 Å². The molecule has 7 nitrogen and oxygen atoms in total. The molecule has 0 unspecified atom stereocenters. The smallest absolute Gasteiger partial charge is 0.337 e. The maximum atomic E-state index is 11.9. The number of carbonyl (C=O) groups is 2. The van der Waals surface area contributed by atoms with Gasteiger partial charge in [-0.25, -0.2) is 9.59 Å². The van der Waals surface area contributed by atoms with Gasteiger partial charge in [0, 0.05) is 12.2 Å². The molecule has 21 heavy (non-hydrogen) atoms. The first-order chi connectivity index (χ1) is 10.1. The third-order valence-corrected chi connectivity index (χ3v) is 3.13. The molecule has 1 aliphatic rings. The Morgan fingerprint density at radius 2 is 2.38 bits per heavy atom. The van der Waals surface area contributed by atoms with Crippen molar-refractivity contribution in [3.05, 3.63) is 35.4 Å². The lowest BCUT2D eigenvalue weighted by molar-refractivity contribution is -0.138. The van der Waals surface area contributed by atoms with Gasteiger partial charge in [-0.3, -0.25) is 0 Å². The van der Waals surface area contributed by atoms with Crippen molar-refractivity contribution in [2.24, 2.45) is 0 Å². The van der Waals surface area contributed by atoms with E-state index in [-0.39, 0.29) is 18.6 Å². The van der Waals surface area contributed by atoms with Gasteiger partial charge in [0.25, 0.3) is 0 Å². The van der Waals surface area contributed by atoms with Crippen molar-refractivity contribution < 1.29 is 18.7 Å². The number of hydrogen-bond acceptors (Lipinski definition) is 5. The minimum absolute atomic E-state index is 0.0391. The minimum atomic E-state index is -0.424. The van der Waals surface area contributed by atoms with Crippen LogP contribution in [0.4, 0.5) is 4.79 Å². The average molecular weight is 293 g/mol. The van der Waals surface area contributed by atoms with Crippen LogP contribution in [-0.2, 0) is 9.53 Å². The van der Waals surface area contributed by atoms with Gasteiger partial charge in [-0.2, -0.15) is 0 Å². The lowest BCUT2D eigenvalue weighted by Gasteiger charge is -2.22. The van der Waals surface area contributed by atoms with Gasteiger partial charge in [0.2, 0.25) is 0 Å². The second-order valence-electron chi connectivity index (χ2n) is 4.60. The van der Waals surface area contributed by atoms with Crippen LogP contribution in [0.3, 0.4) is 0 Å². The molecule has 7 heteroatoms. The molecule has 2 heterocycles. The highest BCUT2D eigenvalue weighted by Gasteiger charge is 2.23. The topological polar surface area (TPSA) is 92.6 Å². The Hall–Kier alpha value is -2.28. The molecule has 2 amide bonds. The highest BCUT2D eigenvalue weighted by molar-refractivity contribution is 5.93. The predicted octanol–water partition coefficient (Wildman–Crippen LogP) is 1.06. The SMILES string of the molecule is CCOC(=O)C1=C(CN[C@H](C)c2ccco2)NC(=O)NC1. The van der Waals surface area contributed by atoms with E-state index >= 15 is 0 Å². The number of ether oxygens (including phenoxy) is 1. The van der Waals surface area contributed by atoms with Gasteiger partial charge in [-0.05, 0) is 26.0 Å². The molecule has 114 valence electrons. The monoisotopic (exact) mass is 293 g/mol. The highest BCUT2D eigenvalue weighted by atomic mass is 16.5. The minimum Gasteiger partial charge on any atom is -0.468 e. The average Bonchev–Trinajstić information content (AvgIpc) is 2.99. The van der Waals surface area contributed by atoms with Crippen LogP contribution >= 0.6 is 0 Å². The zero-order valence-corrected chi connectivity index (χ0v) is 12.1. The summed E-state index contributed by atoms with van der Waals surface area (Å²) in [6, 6.07) is 3.30. The van der Waals surface area contributed by atoms with Gasteiger partial charge >= 0.3 is 12.0 Å². The van der Waals surface area contributed by atoms with Crippen molar-refractivity contribution in [2.75, 3.05) is 19.7 Å². The fourth-order valence-electron chi connectivity index (χ4n) is 1.99. The first-order valence-electron chi connectivity index (χ1n) is 6.82. The molecule has 0 saturated carbocycles. The van der Waals surface area contributed by atoms with Gasteiger partial charge in [0.15, 0.2) is 0 Å². The van der Waals surface area contributed by atoms with Crippen LogP contribution < -0.4 is 16.0 Å². The molecule has 2 rings (SSSR count). The summed E-state index contributed by atoms with van der Waals surface area (Å²) in [7, 11) is 0. The van der Waals surface area contributed by atoms with Crippen molar-refractivity contribution in [1.29, 1.82) is 0 Å². The molecule has 0 aromatic carbocycles. The van der Waals surface area contributed by atoms with Crippen molar-refractivity contribution in [1.82, 2.24) is 16.0 Å². The fraction of sp³-hybridized carbons (Fsp3) is 0.429. The molecule has 0 saturated heterocycles. The van der Waals surface area contributed by atoms with E-state index in [2.05, 4.69) is 16.0 Å². The van der Waals surface area contributed by atoms with Crippen molar-refractivity contribution in [2.45, 2.75) is 19.9 Å². The number of furan rings is 1. The fourth-order valence-corrected chi connectivity index (χ4v) is 1.99. The summed E-state index contributed by atoms with van der Waals surface area (Å²) in [4.78, 5) is 23.3. The molecular formula is C14H19N3O4. The first-order valence-corrected chi connectivity index (χ1v) is 6.82. The largest absolute Gasteiger partial charge is 0.468 e. The lowest BCUT2D eigenvalue weighted by atomic mass is 10.1. The van der Waals surface area contributed by atoms with Crippen molar-refractivity contribution in [3.63, 3.8) is 0 Å². The Balaban J connectivity index is 2.05. The molecule has 3 N–H and O–H groups in total. The Bertz CT molecular complexity index is 536. The van der Waals surface area contributed by atoms with E-state index in [0.717, 1.165) is 5.76 Å². The summed E-state index contributed by atoms with van der Waals surface area (Å²) in [5.41, 5.74) is 0.950. The summed E-state index contributed by atoms with van der Waals surface area (Å²) in [6.45, 7) is 4.47. The van der Waals surface area contributed by atoms with Crippen LogP contribution in [0.1, 0.15) is 25.6 Å². The van der Waals surface area contributed by atoms with E-state index in [4.69, 9.17) is 9.15 Å². The van der Waals surface area contributed by atoms with Gasteiger partial charge in [0.05, 0.1) is 31.0 Å². The maximum absolute atomic E-state index is 11.9. The second kappa shape index (κ2) is 6.94. The Kier molecular flexibility index (Phi) is 4.99. The molecule has 0 radical (unpaired) electrons. The lowest BCUT2D eigenvalue weighted by Crippen LogP contribution is -2.46. The first kappa shape index (κ1) is 15.1. The Labute approximate surface area is 122 Å². The number of carbonyl (C=O) groups excluding carboxylic acids is 2. The molecule has 0 spiro atoms. The van der Waals surface area contributed by atoms with E-state index < -0.39 is 5.97 Å². The van der Waals surface area contributed by atoms with Crippen LogP contribution in [0, 0.1) is 0 Å². The molecule has 1 aromatic heterocycles. The zero-order chi connectivity index (χ0) is 15.2. The van der Waals surface area contributed by atoms with Gasteiger partial charge < -0.3 is 25.1 Å². The molecular weight excluding hydrogens is 274 g/mol. The number of urea groups is 1. The number of hydrogen-bond donors (Lipinski definition) is 3. The van der Waals surface area contributed by atoms with Crippen LogP contribution in [0.25, 0.3) is 0 Å². The van der Waals surface area contributed by atoms with Crippen LogP contribution in [-0.4, -0.2) is 31.7 Å². The van der Waals surface area contributed by atoms with E-state index in [1.807, 2.05) is 19.1 Å². The molecule has 0 bridgehead atoms. The summed E-state index contributed by atoms with van der Waals surface area (Å²) in [6.07, 6.45) is 1.60. The third-order valence-electron chi connectivity index (χ3n) is 3.13. The molecule has 0 aliphatic carbocycles. The Morgan fingerprint density at radius 1 is 1.57 bits per heavy atom. The van der Waals surface area contributed by atoms with Gasteiger partial charge in [-0.15, -0.1) is 0 Å². The summed E-state index contributed by atoms with van der Waals surface area (Å²) >= 11 is 0. The van der Waals surface area contributed by atoms with Crippen molar-refractivity contribution >= 4 is 12.0 Å². The maximum Gasteiger partial charge on any atom is 0.337 e. The normalized spacial score (nSPS) is 16.2. The molecule has 0 fully saturated rings. The van der Waals surface area contributed by atoms with Crippen LogP contribution in [0.15, 0.2) is 34.1 Å². The quantitative estimate of drug-likeness (QED) is 0.682. The number of rotatable bonds is 6. The molecule has 1 aliphatic heterocycles. The second-order valence-corrected chi connectivity index (χ2v) is 4.60. The zero-order valence-electron chi connectivity index (χ0n) is 12.1. The van der Waals surface area contributed by atoms with E-state index in [0.29, 0.717) is 24.4 Å². The van der Waals surface area contributed by atoms with Crippen LogP contribution in [0.5, 0.6) is 0 Å².